The quantitative estimate of drug-likeness (QED) is 0.857. The van der Waals surface area contributed by atoms with Gasteiger partial charge in [0.05, 0.1) is 6.61 Å². The highest BCUT2D eigenvalue weighted by atomic mass is 79.9. The lowest BCUT2D eigenvalue weighted by molar-refractivity contribution is -0.213. The summed E-state index contributed by atoms with van der Waals surface area (Å²) in [6.45, 7) is 1.74. The van der Waals surface area contributed by atoms with Gasteiger partial charge in [0.1, 0.15) is 5.82 Å². The van der Waals surface area contributed by atoms with E-state index in [2.05, 4.69) is 20.7 Å². The van der Waals surface area contributed by atoms with E-state index in [-0.39, 0.29) is 6.61 Å². The van der Waals surface area contributed by atoms with Crippen LogP contribution in [0.4, 0.5) is 13.2 Å². The lowest BCUT2D eigenvalue weighted by Gasteiger charge is -2.31. The average molecular weight is 341 g/mol. The molecule has 0 aliphatic carbocycles. The molecule has 7 heteroatoms. The molecule has 0 heterocycles. The molecule has 1 aromatic carbocycles. The maximum atomic E-state index is 13.8. The summed E-state index contributed by atoms with van der Waals surface area (Å²) < 4.78 is 45.9. The Bertz CT molecular complexity index is 489. The van der Waals surface area contributed by atoms with Crippen molar-refractivity contribution in [2.75, 3.05) is 6.61 Å². The molecule has 0 fully saturated rings. The van der Waals surface area contributed by atoms with Crippen molar-refractivity contribution in [3.8, 4) is 0 Å². The Labute approximate surface area is 116 Å². The fourth-order valence-corrected chi connectivity index (χ4v) is 1.81. The van der Waals surface area contributed by atoms with Gasteiger partial charge in [0, 0.05) is 10.0 Å². The van der Waals surface area contributed by atoms with Gasteiger partial charge in [-0.15, -0.1) is 0 Å². The van der Waals surface area contributed by atoms with E-state index < -0.39 is 28.9 Å². The lowest BCUT2D eigenvalue weighted by atomic mass is 9.88. The Hall–Kier alpha value is -1.08. The highest BCUT2D eigenvalue weighted by molar-refractivity contribution is 9.10. The zero-order valence-electron chi connectivity index (χ0n) is 10.2. The smallest absolute Gasteiger partial charge is 0.380 e. The van der Waals surface area contributed by atoms with Crippen molar-refractivity contribution in [1.29, 1.82) is 0 Å². The topological polar surface area (TPSA) is 46.5 Å². The van der Waals surface area contributed by atoms with Gasteiger partial charge in [0.2, 0.25) is 0 Å². The van der Waals surface area contributed by atoms with Crippen molar-refractivity contribution in [2.24, 2.45) is 0 Å². The number of esters is 1. The van der Waals surface area contributed by atoms with Crippen LogP contribution in [-0.2, 0) is 15.1 Å². The molecule has 1 atom stereocenters. The van der Waals surface area contributed by atoms with Crippen LogP contribution >= 0.6 is 15.9 Å². The van der Waals surface area contributed by atoms with Crippen LogP contribution in [0, 0.1) is 5.82 Å². The highest BCUT2D eigenvalue weighted by Crippen LogP contribution is 2.40. The minimum Gasteiger partial charge on any atom is -0.461 e. The summed E-state index contributed by atoms with van der Waals surface area (Å²) in [7, 11) is 0. The molecule has 0 spiro atoms. The molecule has 1 unspecified atom stereocenters. The molecule has 0 saturated heterocycles. The van der Waals surface area contributed by atoms with Gasteiger partial charge in [-0.1, -0.05) is 22.0 Å². The van der Waals surface area contributed by atoms with Crippen LogP contribution in [-0.4, -0.2) is 23.6 Å². The summed E-state index contributed by atoms with van der Waals surface area (Å²) >= 11 is 2.97. The van der Waals surface area contributed by atoms with E-state index >= 15 is 0 Å². The molecule has 1 aromatic rings. The minimum atomic E-state index is -4.27. The predicted molar refractivity (Wildman–Crippen MR) is 65.3 cm³/mol. The fraction of sp³-hybridized carbons (Fsp3) is 0.417. The van der Waals surface area contributed by atoms with E-state index in [1.165, 1.54) is 13.0 Å². The Balaban J connectivity index is 3.25. The van der Waals surface area contributed by atoms with Crippen molar-refractivity contribution in [1.82, 2.24) is 0 Å². The van der Waals surface area contributed by atoms with Crippen LogP contribution in [0.25, 0.3) is 0 Å². The third-order valence-corrected chi connectivity index (χ3v) is 3.09. The Morgan fingerprint density at radius 3 is 2.53 bits per heavy atom. The van der Waals surface area contributed by atoms with Crippen LogP contribution in [0.15, 0.2) is 22.7 Å². The molecule has 3 nitrogen and oxygen atoms in total. The van der Waals surface area contributed by atoms with E-state index in [4.69, 9.17) is 0 Å². The predicted octanol–water partition coefficient (Wildman–Crippen LogP) is 2.99. The van der Waals surface area contributed by atoms with Crippen molar-refractivity contribution in [2.45, 2.75) is 25.4 Å². The van der Waals surface area contributed by atoms with E-state index in [0.29, 0.717) is 11.4 Å². The van der Waals surface area contributed by atoms with Gasteiger partial charge in [-0.25, -0.2) is 9.18 Å². The monoisotopic (exact) mass is 340 g/mol. The number of ether oxygens (including phenoxy) is 1. The molecule has 0 amide bonds. The van der Waals surface area contributed by atoms with Gasteiger partial charge in [-0.3, -0.25) is 0 Å². The minimum absolute atomic E-state index is 0.271. The summed E-state index contributed by atoms with van der Waals surface area (Å²) in [4.78, 5) is 11.2. The van der Waals surface area contributed by atoms with E-state index in [1.807, 2.05) is 0 Å². The Morgan fingerprint density at radius 1 is 1.47 bits per heavy atom. The zero-order chi connectivity index (χ0) is 14.8. The van der Waals surface area contributed by atoms with E-state index in [9.17, 15) is 23.1 Å². The first-order valence-electron chi connectivity index (χ1n) is 5.37. The molecule has 0 bridgehead atoms. The van der Waals surface area contributed by atoms with E-state index in [0.717, 1.165) is 12.1 Å². The Kier molecular flexibility index (Phi) is 4.63. The molecule has 106 valence electrons. The average Bonchev–Trinajstić information content (AvgIpc) is 2.28. The molecule has 0 aliphatic rings. The number of benzene rings is 1. The van der Waals surface area contributed by atoms with Crippen LogP contribution in [0.2, 0.25) is 0 Å². The zero-order valence-corrected chi connectivity index (χ0v) is 11.8. The maximum absolute atomic E-state index is 13.8. The summed E-state index contributed by atoms with van der Waals surface area (Å²) in [5.41, 5.74) is -3.70. The Morgan fingerprint density at radius 2 is 2.05 bits per heavy atom. The van der Waals surface area contributed by atoms with Crippen LogP contribution in [0.1, 0.15) is 19.4 Å². The molecular weight excluding hydrogens is 329 g/mol. The second-order valence-electron chi connectivity index (χ2n) is 3.99. The maximum Gasteiger partial charge on any atom is 0.380 e. The molecule has 0 aromatic heterocycles. The van der Waals surface area contributed by atoms with Gasteiger partial charge in [-0.05, 0) is 26.0 Å². The van der Waals surface area contributed by atoms with Crippen LogP contribution in [0.3, 0.4) is 0 Å². The van der Waals surface area contributed by atoms with Gasteiger partial charge >= 0.3 is 11.9 Å². The number of carbonyl (C=O) groups excluding carboxylic acids is 1. The standard InChI is InChI=1S/C12H12BrF3O3/c1-3-19-10(17)12(15,16)11(2,18)8-5-4-7(13)6-9(8)14/h4-6,18H,3H2,1-2H3. The SMILES string of the molecule is CCOC(=O)C(F)(F)C(C)(O)c1ccc(Br)cc1F. The van der Waals surface area contributed by atoms with Gasteiger partial charge in [-0.2, -0.15) is 8.78 Å². The molecule has 0 aliphatic heterocycles. The van der Waals surface area contributed by atoms with Gasteiger partial charge < -0.3 is 9.84 Å². The molecular formula is C12H12BrF3O3. The second kappa shape index (κ2) is 5.50. The molecule has 19 heavy (non-hydrogen) atoms. The van der Waals surface area contributed by atoms with Crippen molar-refractivity contribution < 1.29 is 27.8 Å². The first-order chi connectivity index (χ1) is 8.64. The third-order valence-electron chi connectivity index (χ3n) is 2.60. The normalized spacial score (nSPS) is 14.9. The van der Waals surface area contributed by atoms with Crippen LogP contribution < -0.4 is 0 Å². The first-order valence-corrected chi connectivity index (χ1v) is 6.16. The number of halogens is 4. The largest absolute Gasteiger partial charge is 0.461 e. The summed E-state index contributed by atoms with van der Waals surface area (Å²) in [5, 5.41) is 9.88. The molecule has 0 radical (unpaired) electrons. The summed E-state index contributed by atoms with van der Waals surface area (Å²) in [5.74, 6) is -7.22. The number of carbonyl (C=O) groups is 1. The number of hydrogen-bond acceptors (Lipinski definition) is 3. The molecule has 1 N–H and O–H groups in total. The number of hydrogen-bond donors (Lipinski definition) is 1. The first kappa shape index (κ1) is 16.0. The molecule has 0 saturated carbocycles. The second-order valence-corrected chi connectivity index (χ2v) is 4.91. The fourth-order valence-electron chi connectivity index (χ4n) is 1.47. The number of aliphatic hydroxyl groups is 1. The summed E-state index contributed by atoms with van der Waals surface area (Å²) in [6.07, 6.45) is 0. The number of rotatable bonds is 4. The van der Waals surface area contributed by atoms with Crippen molar-refractivity contribution >= 4 is 21.9 Å². The van der Waals surface area contributed by atoms with Crippen molar-refractivity contribution in [3.05, 3.63) is 34.1 Å². The summed E-state index contributed by atoms with van der Waals surface area (Å²) in [6, 6.07) is 3.19. The lowest BCUT2D eigenvalue weighted by Crippen LogP contribution is -2.50. The van der Waals surface area contributed by atoms with Gasteiger partial charge in [0.15, 0.2) is 5.60 Å². The van der Waals surface area contributed by atoms with Crippen molar-refractivity contribution in [3.63, 3.8) is 0 Å². The third kappa shape index (κ3) is 2.92. The van der Waals surface area contributed by atoms with Gasteiger partial charge in [0.25, 0.3) is 0 Å². The van der Waals surface area contributed by atoms with E-state index in [1.54, 1.807) is 0 Å². The number of alkyl halides is 2. The van der Waals surface area contributed by atoms with Crippen LogP contribution in [0.5, 0.6) is 0 Å². The molecule has 1 rings (SSSR count). The highest BCUT2D eigenvalue weighted by Gasteiger charge is 2.58.